The summed E-state index contributed by atoms with van der Waals surface area (Å²) < 4.78 is 87.3. The molecule has 5 nitrogen and oxygen atoms in total. The summed E-state index contributed by atoms with van der Waals surface area (Å²) in [6, 6.07) is 0. The highest BCUT2D eigenvalue weighted by Crippen LogP contribution is 2.60. The van der Waals surface area contributed by atoms with Crippen molar-refractivity contribution in [2.24, 2.45) is 23.2 Å². The van der Waals surface area contributed by atoms with Crippen molar-refractivity contribution < 1.29 is 40.1 Å². The lowest BCUT2D eigenvalue weighted by molar-refractivity contribution is -0.174. The molecule has 0 unspecified atom stereocenters. The fraction of sp³-hybridized carbons (Fsp3) is 0.938. The maximum absolute atomic E-state index is 13.4. The van der Waals surface area contributed by atoms with Crippen LogP contribution in [0, 0.1) is 23.2 Å². The summed E-state index contributed by atoms with van der Waals surface area (Å²) in [4.78, 5) is 11.7. The van der Waals surface area contributed by atoms with Crippen LogP contribution < -0.4 is 0 Å². The maximum Gasteiger partial charge on any atom is 0.431 e. The van der Waals surface area contributed by atoms with Crippen LogP contribution in [0.2, 0.25) is 0 Å². The van der Waals surface area contributed by atoms with E-state index in [4.69, 9.17) is 9.29 Å². The Labute approximate surface area is 149 Å². The standard InChI is InChI=1S/C16H22F4O5S/c17-15(18,16(19,20)26(22,23)24)2-1-13(21)25-9-14-6-10-3-11(7-14)5-12(4-10)8-14/h10-12H,1-9H2,(H,22,23,24). The van der Waals surface area contributed by atoms with Crippen molar-refractivity contribution in [3.63, 3.8) is 0 Å². The minimum Gasteiger partial charge on any atom is -0.465 e. The quantitative estimate of drug-likeness (QED) is 0.400. The van der Waals surface area contributed by atoms with Crippen LogP contribution in [-0.4, -0.2) is 36.7 Å². The summed E-state index contributed by atoms with van der Waals surface area (Å²) in [6.45, 7) is 0.0929. The molecule has 0 aromatic carbocycles. The summed E-state index contributed by atoms with van der Waals surface area (Å²) in [5.74, 6) is -4.31. The van der Waals surface area contributed by atoms with E-state index in [1.807, 2.05) is 0 Å². The zero-order valence-electron chi connectivity index (χ0n) is 14.1. The summed E-state index contributed by atoms with van der Waals surface area (Å²) in [5, 5.41) is -5.65. The normalized spacial score (nSPS) is 34.1. The van der Waals surface area contributed by atoms with Crippen molar-refractivity contribution in [2.75, 3.05) is 6.61 Å². The number of carbonyl (C=O) groups is 1. The van der Waals surface area contributed by atoms with Crippen LogP contribution in [0.15, 0.2) is 0 Å². The van der Waals surface area contributed by atoms with E-state index in [-0.39, 0.29) is 12.0 Å². The molecule has 1 N–H and O–H groups in total. The van der Waals surface area contributed by atoms with Crippen molar-refractivity contribution in [3.05, 3.63) is 0 Å². The maximum atomic E-state index is 13.4. The van der Waals surface area contributed by atoms with Crippen molar-refractivity contribution in [1.82, 2.24) is 0 Å². The molecule has 4 aliphatic carbocycles. The fourth-order valence-electron chi connectivity index (χ4n) is 5.37. The van der Waals surface area contributed by atoms with Gasteiger partial charge in [0.25, 0.3) is 0 Å². The van der Waals surface area contributed by atoms with Gasteiger partial charge in [-0.25, -0.2) is 0 Å². The Hall–Kier alpha value is -0.900. The van der Waals surface area contributed by atoms with Crippen LogP contribution in [-0.2, 0) is 19.6 Å². The first-order valence-corrected chi connectivity index (χ1v) is 10.2. The van der Waals surface area contributed by atoms with Crippen molar-refractivity contribution in [1.29, 1.82) is 0 Å². The lowest BCUT2D eigenvalue weighted by atomic mass is 9.50. The van der Waals surface area contributed by atoms with Gasteiger partial charge in [-0.3, -0.25) is 9.35 Å². The second kappa shape index (κ2) is 6.32. The largest absolute Gasteiger partial charge is 0.465 e. The average molecular weight is 402 g/mol. The Kier molecular flexibility index (Phi) is 4.83. The highest BCUT2D eigenvalue weighted by molar-refractivity contribution is 7.87. The molecule has 26 heavy (non-hydrogen) atoms. The fourth-order valence-corrected chi connectivity index (χ4v) is 5.85. The molecule has 4 bridgehead atoms. The van der Waals surface area contributed by atoms with Crippen LogP contribution in [0.5, 0.6) is 0 Å². The topological polar surface area (TPSA) is 80.7 Å². The zero-order chi connectivity index (χ0) is 19.4. The van der Waals surface area contributed by atoms with E-state index >= 15 is 0 Å². The molecular formula is C16H22F4O5S. The highest BCUT2D eigenvalue weighted by atomic mass is 32.2. The van der Waals surface area contributed by atoms with Gasteiger partial charge in [0.2, 0.25) is 0 Å². The molecule has 4 fully saturated rings. The van der Waals surface area contributed by atoms with Gasteiger partial charge in [-0.05, 0) is 56.3 Å². The zero-order valence-corrected chi connectivity index (χ0v) is 14.9. The van der Waals surface area contributed by atoms with Crippen LogP contribution in [0.1, 0.15) is 51.4 Å². The molecule has 4 saturated carbocycles. The Balaban J connectivity index is 1.52. The predicted molar refractivity (Wildman–Crippen MR) is 82.2 cm³/mol. The molecular weight excluding hydrogens is 380 g/mol. The van der Waals surface area contributed by atoms with E-state index in [0.29, 0.717) is 17.8 Å². The number of halogens is 4. The molecule has 4 aliphatic rings. The molecule has 0 heterocycles. The molecule has 150 valence electrons. The number of hydrogen-bond acceptors (Lipinski definition) is 4. The van der Waals surface area contributed by atoms with E-state index in [9.17, 15) is 30.8 Å². The SMILES string of the molecule is O=C(CCC(F)(F)C(F)(F)S(=O)(=O)O)OCC12CC3CC(CC(C3)C1)C2. The number of hydrogen-bond donors (Lipinski definition) is 1. The number of alkyl halides is 4. The summed E-state index contributed by atoms with van der Waals surface area (Å²) in [5.41, 5.74) is -0.134. The van der Waals surface area contributed by atoms with Gasteiger partial charge in [-0.1, -0.05) is 0 Å². The third kappa shape index (κ3) is 3.58. The third-order valence-electron chi connectivity index (χ3n) is 6.10. The van der Waals surface area contributed by atoms with Gasteiger partial charge in [-0.2, -0.15) is 26.0 Å². The number of ether oxygens (including phenoxy) is 1. The second-order valence-corrected chi connectivity index (χ2v) is 9.74. The molecule has 0 radical (unpaired) electrons. The monoisotopic (exact) mass is 402 g/mol. The lowest BCUT2D eigenvalue weighted by Gasteiger charge is -2.56. The molecule has 0 saturated heterocycles. The van der Waals surface area contributed by atoms with E-state index < -0.39 is 40.1 Å². The smallest absolute Gasteiger partial charge is 0.431 e. The molecule has 0 aromatic rings. The highest BCUT2D eigenvalue weighted by Gasteiger charge is 2.65. The van der Waals surface area contributed by atoms with Gasteiger partial charge in [0.1, 0.15) is 0 Å². The minimum absolute atomic E-state index is 0.0929. The Bertz CT molecular complexity index is 641. The first kappa shape index (κ1) is 19.9. The van der Waals surface area contributed by atoms with E-state index in [2.05, 4.69) is 0 Å². The van der Waals surface area contributed by atoms with Gasteiger partial charge in [-0.15, -0.1) is 0 Å². The summed E-state index contributed by atoms with van der Waals surface area (Å²) in [6.07, 6.45) is 3.58. The molecule has 0 aromatic heterocycles. The van der Waals surface area contributed by atoms with Crippen LogP contribution in [0.25, 0.3) is 0 Å². The average Bonchev–Trinajstić information content (AvgIpc) is 2.48. The molecule has 0 spiro atoms. The first-order chi connectivity index (χ1) is 11.8. The van der Waals surface area contributed by atoms with E-state index in [1.54, 1.807) is 0 Å². The molecule has 0 amide bonds. The molecule has 0 atom stereocenters. The van der Waals surface area contributed by atoms with Crippen LogP contribution in [0.4, 0.5) is 17.6 Å². The lowest BCUT2D eigenvalue weighted by Crippen LogP contribution is -2.48. The number of esters is 1. The van der Waals surface area contributed by atoms with Gasteiger partial charge in [0, 0.05) is 11.8 Å². The van der Waals surface area contributed by atoms with E-state index in [0.717, 1.165) is 19.3 Å². The van der Waals surface area contributed by atoms with Gasteiger partial charge < -0.3 is 4.74 Å². The van der Waals surface area contributed by atoms with Gasteiger partial charge >= 0.3 is 27.3 Å². The Morgan fingerprint density at radius 1 is 1.04 bits per heavy atom. The predicted octanol–water partition coefficient (Wildman–Crippen LogP) is 3.64. The van der Waals surface area contributed by atoms with Gasteiger partial charge in [0.05, 0.1) is 13.0 Å². The Morgan fingerprint density at radius 3 is 1.92 bits per heavy atom. The molecule has 4 rings (SSSR count). The van der Waals surface area contributed by atoms with Crippen molar-refractivity contribution >= 4 is 16.1 Å². The Morgan fingerprint density at radius 2 is 1.50 bits per heavy atom. The molecule has 10 heteroatoms. The van der Waals surface area contributed by atoms with Crippen LogP contribution in [0.3, 0.4) is 0 Å². The minimum atomic E-state index is -6.29. The van der Waals surface area contributed by atoms with E-state index in [1.165, 1.54) is 19.3 Å². The number of rotatable bonds is 7. The van der Waals surface area contributed by atoms with Crippen LogP contribution >= 0.6 is 0 Å². The summed E-state index contributed by atoms with van der Waals surface area (Å²) in [7, 11) is -6.29. The van der Waals surface area contributed by atoms with Crippen molar-refractivity contribution in [2.45, 2.75) is 62.5 Å². The first-order valence-electron chi connectivity index (χ1n) is 8.72. The molecule has 0 aliphatic heterocycles. The number of carbonyl (C=O) groups excluding carboxylic acids is 1. The van der Waals surface area contributed by atoms with Crippen molar-refractivity contribution in [3.8, 4) is 0 Å². The summed E-state index contributed by atoms with van der Waals surface area (Å²) >= 11 is 0. The van der Waals surface area contributed by atoms with Gasteiger partial charge in [0.15, 0.2) is 0 Å². The third-order valence-corrected chi connectivity index (χ3v) is 7.04. The second-order valence-electron chi connectivity index (χ2n) is 8.27.